The van der Waals surface area contributed by atoms with E-state index in [1.807, 2.05) is 42.6 Å². The first-order chi connectivity index (χ1) is 12.7. The molecule has 132 valence electrons. The Hall–Kier alpha value is -2.80. The van der Waals surface area contributed by atoms with E-state index in [-0.39, 0.29) is 11.1 Å². The van der Waals surface area contributed by atoms with Crippen molar-refractivity contribution >= 4 is 40.4 Å². The van der Waals surface area contributed by atoms with Crippen LogP contribution in [0.1, 0.15) is 5.56 Å². The monoisotopic (exact) mass is 365 g/mol. The molecule has 1 amide bonds. The van der Waals surface area contributed by atoms with E-state index in [9.17, 15) is 4.79 Å². The third-order valence-corrected chi connectivity index (χ3v) is 5.28. The van der Waals surface area contributed by atoms with Gasteiger partial charge in [0, 0.05) is 38.1 Å². The molecule has 4 rings (SSSR count). The first-order valence-corrected chi connectivity index (χ1v) is 9.31. The molecule has 1 aromatic carbocycles. The van der Waals surface area contributed by atoms with Gasteiger partial charge in [0.05, 0.1) is 4.91 Å². The molecular formula is C19H19N5OS. The number of carbonyl (C=O) groups excluding carboxylic acids is 1. The highest BCUT2D eigenvalue weighted by atomic mass is 32.2. The lowest BCUT2D eigenvalue weighted by Gasteiger charge is -2.36. The Kier molecular flexibility index (Phi) is 4.62. The summed E-state index contributed by atoms with van der Waals surface area (Å²) in [5, 5.41) is 10.2. The van der Waals surface area contributed by atoms with Crippen LogP contribution in [0.25, 0.3) is 6.08 Å². The van der Waals surface area contributed by atoms with Crippen LogP contribution >= 0.6 is 11.8 Å². The van der Waals surface area contributed by atoms with Gasteiger partial charge in [-0.05, 0) is 47.7 Å². The average Bonchev–Trinajstić information content (AvgIpc) is 3.00. The van der Waals surface area contributed by atoms with Gasteiger partial charge in [-0.3, -0.25) is 10.2 Å². The van der Waals surface area contributed by atoms with Gasteiger partial charge in [-0.25, -0.2) is 4.98 Å². The Bertz CT molecular complexity index is 859. The van der Waals surface area contributed by atoms with Crippen LogP contribution < -0.4 is 15.1 Å². The summed E-state index contributed by atoms with van der Waals surface area (Å²) in [7, 11) is 0. The van der Waals surface area contributed by atoms with Gasteiger partial charge in [-0.15, -0.1) is 0 Å². The highest BCUT2D eigenvalue weighted by molar-refractivity contribution is 8.18. The minimum Gasteiger partial charge on any atom is -0.368 e. The fourth-order valence-corrected chi connectivity index (χ4v) is 3.84. The third-order valence-electron chi connectivity index (χ3n) is 4.45. The molecule has 0 saturated carbocycles. The Balaban J connectivity index is 1.45. The molecule has 2 fully saturated rings. The summed E-state index contributed by atoms with van der Waals surface area (Å²) >= 11 is 1.16. The molecule has 6 nitrogen and oxygen atoms in total. The maximum Gasteiger partial charge on any atom is 0.264 e. The summed E-state index contributed by atoms with van der Waals surface area (Å²) in [5.74, 6) is 0.826. The molecule has 0 radical (unpaired) electrons. The fourth-order valence-electron chi connectivity index (χ4n) is 3.14. The molecule has 2 aliphatic rings. The van der Waals surface area contributed by atoms with Crippen LogP contribution in [0.4, 0.5) is 11.5 Å². The molecular weight excluding hydrogens is 346 g/mol. The van der Waals surface area contributed by atoms with Gasteiger partial charge < -0.3 is 15.1 Å². The van der Waals surface area contributed by atoms with E-state index >= 15 is 0 Å². The van der Waals surface area contributed by atoms with E-state index < -0.39 is 0 Å². The minimum atomic E-state index is -0.200. The van der Waals surface area contributed by atoms with Gasteiger partial charge >= 0.3 is 0 Å². The Morgan fingerprint density at radius 3 is 2.58 bits per heavy atom. The SMILES string of the molecule is N=C1NC(=O)C(=Cc2cccc(N3CCN(c4ccccn4)CC3)c2)S1. The molecule has 3 heterocycles. The molecule has 2 saturated heterocycles. The third kappa shape index (κ3) is 3.57. The van der Waals surface area contributed by atoms with Crippen molar-refractivity contribution in [2.45, 2.75) is 0 Å². The van der Waals surface area contributed by atoms with Gasteiger partial charge in [0.1, 0.15) is 5.82 Å². The number of nitrogens with zero attached hydrogens (tertiary/aromatic N) is 3. The van der Waals surface area contributed by atoms with Crippen LogP contribution in [0.5, 0.6) is 0 Å². The Morgan fingerprint density at radius 2 is 1.88 bits per heavy atom. The molecule has 0 spiro atoms. The number of hydrogen-bond donors (Lipinski definition) is 2. The quantitative estimate of drug-likeness (QED) is 0.818. The normalized spacial score (nSPS) is 19.2. The van der Waals surface area contributed by atoms with Crippen LogP contribution in [-0.4, -0.2) is 42.2 Å². The number of hydrogen-bond acceptors (Lipinski definition) is 6. The average molecular weight is 365 g/mol. The number of aromatic nitrogens is 1. The van der Waals surface area contributed by atoms with Crippen molar-refractivity contribution in [3.8, 4) is 0 Å². The Morgan fingerprint density at radius 1 is 1.08 bits per heavy atom. The van der Waals surface area contributed by atoms with Crippen LogP contribution in [0, 0.1) is 5.41 Å². The van der Waals surface area contributed by atoms with Gasteiger partial charge in [-0.2, -0.15) is 0 Å². The van der Waals surface area contributed by atoms with Crippen molar-refractivity contribution in [3.05, 3.63) is 59.1 Å². The zero-order valence-electron chi connectivity index (χ0n) is 14.2. The molecule has 0 atom stereocenters. The van der Waals surface area contributed by atoms with Crippen LogP contribution in [0.2, 0.25) is 0 Å². The molecule has 2 aromatic rings. The van der Waals surface area contributed by atoms with Gasteiger partial charge in [-0.1, -0.05) is 18.2 Å². The lowest BCUT2D eigenvalue weighted by Crippen LogP contribution is -2.46. The van der Waals surface area contributed by atoms with Crippen molar-refractivity contribution < 1.29 is 4.79 Å². The fraction of sp³-hybridized carbons (Fsp3) is 0.211. The van der Waals surface area contributed by atoms with Gasteiger partial charge in [0.2, 0.25) is 0 Å². The lowest BCUT2D eigenvalue weighted by atomic mass is 10.1. The van der Waals surface area contributed by atoms with Crippen LogP contribution in [-0.2, 0) is 4.79 Å². The molecule has 7 heteroatoms. The topological polar surface area (TPSA) is 72.3 Å². The van der Waals surface area contributed by atoms with Crippen molar-refractivity contribution in [3.63, 3.8) is 0 Å². The number of nitrogens with one attached hydrogen (secondary N) is 2. The summed E-state index contributed by atoms with van der Waals surface area (Å²) in [4.78, 5) is 21.4. The van der Waals surface area contributed by atoms with Crippen molar-refractivity contribution in [2.75, 3.05) is 36.0 Å². The zero-order valence-corrected chi connectivity index (χ0v) is 15.0. The zero-order chi connectivity index (χ0) is 17.9. The van der Waals surface area contributed by atoms with E-state index in [0.717, 1.165) is 55.0 Å². The van der Waals surface area contributed by atoms with Crippen molar-refractivity contribution in [1.82, 2.24) is 10.3 Å². The number of thioether (sulfide) groups is 1. The molecule has 0 bridgehead atoms. The second-order valence-electron chi connectivity index (χ2n) is 6.15. The molecule has 1 aromatic heterocycles. The van der Waals surface area contributed by atoms with E-state index in [1.165, 1.54) is 0 Å². The molecule has 26 heavy (non-hydrogen) atoms. The van der Waals surface area contributed by atoms with E-state index in [2.05, 4.69) is 32.2 Å². The van der Waals surface area contributed by atoms with E-state index in [1.54, 1.807) is 0 Å². The molecule has 2 aliphatic heterocycles. The van der Waals surface area contributed by atoms with Crippen molar-refractivity contribution in [1.29, 1.82) is 5.41 Å². The Labute approximate surface area is 156 Å². The summed E-state index contributed by atoms with van der Waals surface area (Å²) in [6.45, 7) is 3.71. The highest BCUT2D eigenvalue weighted by Crippen LogP contribution is 2.27. The second kappa shape index (κ2) is 7.21. The standard InChI is InChI=1S/C19H19N5OS/c20-19-22-18(25)16(26-19)13-14-4-3-5-15(12-14)23-8-10-24(11-9-23)17-6-1-2-7-21-17/h1-7,12-13H,8-11H2,(H2,20,22,25). The molecule has 0 aliphatic carbocycles. The number of pyridine rings is 1. The number of anilines is 2. The largest absolute Gasteiger partial charge is 0.368 e. The number of benzene rings is 1. The number of amides is 1. The molecule has 2 N–H and O–H groups in total. The summed E-state index contributed by atoms with van der Waals surface area (Å²) in [6, 6.07) is 14.2. The first kappa shape index (κ1) is 16.7. The van der Waals surface area contributed by atoms with E-state index in [4.69, 9.17) is 5.41 Å². The van der Waals surface area contributed by atoms with Crippen LogP contribution in [0.3, 0.4) is 0 Å². The molecule has 0 unspecified atom stereocenters. The van der Waals surface area contributed by atoms with Gasteiger partial charge in [0.25, 0.3) is 5.91 Å². The second-order valence-corrected chi connectivity index (χ2v) is 7.20. The maximum atomic E-state index is 11.8. The van der Waals surface area contributed by atoms with E-state index in [0.29, 0.717) is 4.91 Å². The predicted octanol–water partition coefficient (Wildman–Crippen LogP) is 2.55. The number of carbonyl (C=O) groups is 1. The number of amidine groups is 1. The summed E-state index contributed by atoms with van der Waals surface area (Å²) in [6.07, 6.45) is 3.67. The predicted molar refractivity (Wildman–Crippen MR) is 107 cm³/mol. The summed E-state index contributed by atoms with van der Waals surface area (Å²) in [5.41, 5.74) is 2.13. The lowest BCUT2D eigenvalue weighted by molar-refractivity contribution is -0.115. The van der Waals surface area contributed by atoms with Crippen molar-refractivity contribution in [2.24, 2.45) is 0 Å². The minimum absolute atomic E-state index is 0.183. The maximum absolute atomic E-state index is 11.8. The number of piperazine rings is 1. The van der Waals surface area contributed by atoms with Gasteiger partial charge in [0.15, 0.2) is 5.17 Å². The number of rotatable bonds is 3. The first-order valence-electron chi connectivity index (χ1n) is 8.49. The summed E-state index contributed by atoms with van der Waals surface area (Å²) < 4.78 is 0. The van der Waals surface area contributed by atoms with Crippen LogP contribution in [0.15, 0.2) is 53.6 Å². The highest BCUT2D eigenvalue weighted by Gasteiger charge is 2.22. The smallest absolute Gasteiger partial charge is 0.264 e.